The Morgan fingerprint density at radius 3 is 2.96 bits per heavy atom. The van der Waals surface area contributed by atoms with Crippen LogP contribution in [0.4, 0.5) is 8.78 Å². The Morgan fingerprint density at radius 1 is 1.42 bits per heavy atom. The van der Waals surface area contributed by atoms with Gasteiger partial charge in [-0.15, -0.1) is 0 Å². The van der Waals surface area contributed by atoms with E-state index in [1.807, 2.05) is 0 Å². The number of carbonyl (C=O) groups is 1. The van der Waals surface area contributed by atoms with Gasteiger partial charge in [0.25, 0.3) is 5.91 Å². The van der Waals surface area contributed by atoms with E-state index in [4.69, 9.17) is 9.15 Å². The first kappa shape index (κ1) is 17.3. The first-order valence-corrected chi connectivity index (χ1v) is 7.40. The molecule has 26 heavy (non-hydrogen) atoms. The third-order valence-electron chi connectivity index (χ3n) is 3.33. The van der Waals surface area contributed by atoms with Crippen LogP contribution in [0.2, 0.25) is 0 Å². The number of nitrogens with zero attached hydrogens (tertiary/aromatic N) is 2. The number of amides is 1. The Bertz CT molecular complexity index is 980. The second kappa shape index (κ2) is 7.17. The molecule has 0 aliphatic rings. The van der Waals surface area contributed by atoms with Gasteiger partial charge in [-0.1, -0.05) is 6.07 Å². The highest BCUT2D eigenvalue weighted by Crippen LogP contribution is 2.20. The summed E-state index contributed by atoms with van der Waals surface area (Å²) in [7, 11) is 0. The number of ether oxygens (including phenoxy) is 1. The third-order valence-corrected chi connectivity index (χ3v) is 3.33. The maximum Gasteiger partial charge on any atom is 0.340 e. The second-order valence-corrected chi connectivity index (χ2v) is 5.23. The van der Waals surface area contributed by atoms with Crippen LogP contribution in [-0.2, 0) is 6.61 Å². The van der Waals surface area contributed by atoms with Crippen LogP contribution < -0.4 is 15.7 Å². The van der Waals surface area contributed by atoms with Crippen LogP contribution in [0.15, 0.2) is 33.7 Å². The highest BCUT2D eigenvalue weighted by Gasteiger charge is 2.18. The van der Waals surface area contributed by atoms with Crippen molar-refractivity contribution < 1.29 is 22.7 Å². The largest absolute Gasteiger partial charge is 0.481 e. The summed E-state index contributed by atoms with van der Waals surface area (Å²) in [5.74, 6) is -2.80. The SMILES string of the molecule is CC(NC(=O)c1coc(COc2cccc(F)c2F)n1)c1n[nH]c(=O)[nH]1. The number of aromatic amines is 2. The predicted molar refractivity (Wildman–Crippen MR) is 82.3 cm³/mol. The van der Waals surface area contributed by atoms with Crippen LogP contribution in [0.5, 0.6) is 5.75 Å². The number of hydrogen-bond acceptors (Lipinski definition) is 6. The van der Waals surface area contributed by atoms with Crippen LogP contribution in [0, 0.1) is 11.6 Å². The average Bonchev–Trinajstić information content (AvgIpc) is 3.25. The van der Waals surface area contributed by atoms with Crippen molar-refractivity contribution in [2.45, 2.75) is 19.6 Å². The van der Waals surface area contributed by atoms with Crippen molar-refractivity contribution in [1.29, 1.82) is 0 Å². The van der Waals surface area contributed by atoms with E-state index in [1.54, 1.807) is 6.92 Å². The van der Waals surface area contributed by atoms with E-state index in [2.05, 4.69) is 25.5 Å². The van der Waals surface area contributed by atoms with Gasteiger partial charge in [0.1, 0.15) is 6.26 Å². The molecule has 11 heteroatoms. The molecule has 0 saturated heterocycles. The molecule has 1 atom stereocenters. The van der Waals surface area contributed by atoms with E-state index in [9.17, 15) is 18.4 Å². The number of oxazole rings is 1. The van der Waals surface area contributed by atoms with Gasteiger partial charge in [-0.3, -0.25) is 9.78 Å². The number of benzene rings is 1. The van der Waals surface area contributed by atoms with Crippen molar-refractivity contribution >= 4 is 5.91 Å². The van der Waals surface area contributed by atoms with E-state index in [-0.39, 0.29) is 29.8 Å². The van der Waals surface area contributed by atoms with Crippen molar-refractivity contribution in [3.8, 4) is 5.75 Å². The van der Waals surface area contributed by atoms with Gasteiger partial charge >= 0.3 is 5.69 Å². The Morgan fingerprint density at radius 2 is 2.23 bits per heavy atom. The van der Waals surface area contributed by atoms with Crippen LogP contribution >= 0.6 is 0 Å². The summed E-state index contributed by atoms with van der Waals surface area (Å²) in [6, 6.07) is 2.92. The minimum Gasteiger partial charge on any atom is -0.481 e. The van der Waals surface area contributed by atoms with E-state index >= 15 is 0 Å². The quantitative estimate of drug-likeness (QED) is 0.607. The normalized spacial score (nSPS) is 12.0. The van der Waals surface area contributed by atoms with Crippen LogP contribution in [-0.4, -0.2) is 26.1 Å². The summed E-state index contributed by atoms with van der Waals surface area (Å²) < 4.78 is 36.8. The third kappa shape index (κ3) is 3.77. The van der Waals surface area contributed by atoms with Crippen molar-refractivity contribution in [3.05, 3.63) is 64.0 Å². The first-order valence-electron chi connectivity index (χ1n) is 7.40. The molecule has 2 aromatic heterocycles. The molecular weight excluding hydrogens is 352 g/mol. The zero-order chi connectivity index (χ0) is 18.7. The van der Waals surface area contributed by atoms with Crippen molar-refractivity contribution in [2.24, 2.45) is 0 Å². The van der Waals surface area contributed by atoms with Gasteiger partial charge in [0.05, 0.1) is 6.04 Å². The fourth-order valence-electron chi connectivity index (χ4n) is 2.04. The zero-order valence-corrected chi connectivity index (χ0v) is 13.4. The minimum atomic E-state index is -1.13. The summed E-state index contributed by atoms with van der Waals surface area (Å²) in [5, 5.41) is 8.46. The molecule has 1 aromatic carbocycles. The maximum absolute atomic E-state index is 13.5. The number of H-pyrrole nitrogens is 2. The number of rotatable bonds is 6. The lowest BCUT2D eigenvalue weighted by Crippen LogP contribution is -2.28. The van der Waals surface area contributed by atoms with Crippen molar-refractivity contribution in [3.63, 3.8) is 0 Å². The molecule has 1 amide bonds. The molecule has 0 aliphatic carbocycles. The van der Waals surface area contributed by atoms with Gasteiger partial charge in [-0.2, -0.15) is 9.49 Å². The number of nitrogens with one attached hydrogen (secondary N) is 3. The fraction of sp³-hybridized carbons (Fsp3) is 0.200. The number of halogens is 2. The summed E-state index contributed by atoms with van der Waals surface area (Å²) >= 11 is 0. The standard InChI is InChI=1S/C15H13F2N5O4/c1-7(13-20-15(24)22-21-13)18-14(23)9-5-26-11(19-9)6-25-10-4-2-3-8(16)12(10)17/h2-5,7H,6H2,1H3,(H,18,23)(H2,20,21,22,24). The average molecular weight is 365 g/mol. The Hall–Kier alpha value is -3.50. The monoisotopic (exact) mass is 365 g/mol. The van der Waals surface area contributed by atoms with Gasteiger partial charge < -0.3 is 14.5 Å². The van der Waals surface area contributed by atoms with Gasteiger partial charge in [-0.25, -0.2) is 19.3 Å². The smallest absolute Gasteiger partial charge is 0.340 e. The summed E-state index contributed by atoms with van der Waals surface area (Å²) in [6.07, 6.45) is 1.09. The molecule has 0 radical (unpaired) electrons. The number of carbonyl (C=O) groups excluding carboxylic acids is 1. The van der Waals surface area contributed by atoms with Crippen molar-refractivity contribution in [1.82, 2.24) is 25.5 Å². The molecule has 136 valence electrons. The first-order chi connectivity index (χ1) is 12.4. The molecule has 3 rings (SSSR count). The molecule has 2 heterocycles. The summed E-state index contributed by atoms with van der Waals surface area (Å²) in [4.78, 5) is 29.4. The van der Waals surface area contributed by atoms with E-state index in [1.165, 1.54) is 12.1 Å². The lowest BCUT2D eigenvalue weighted by atomic mass is 10.3. The number of aromatic nitrogens is 4. The van der Waals surface area contributed by atoms with Crippen LogP contribution in [0.25, 0.3) is 0 Å². The molecule has 0 bridgehead atoms. The van der Waals surface area contributed by atoms with Crippen LogP contribution in [0.3, 0.4) is 0 Å². The minimum absolute atomic E-state index is 0.000333. The molecule has 0 spiro atoms. The van der Waals surface area contributed by atoms with Gasteiger partial charge in [0.15, 0.2) is 29.7 Å². The lowest BCUT2D eigenvalue weighted by molar-refractivity contribution is 0.0933. The van der Waals surface area contributed by atoms with E-state index in [0.717, 1.165) is 12.3 Å². The second-order valence-electron chi connectivity index (χ2n) is 5.23. The highest BCUT2D eigenvalue weighted by atomic mass is 19.2. The highest BCUT2D eigenvalue weighted by molar-refractivity contribution is 5.92. The van der Waals surface area contributed by atoms with Gasteiger partial charge in [-0.05, 0) is 19.1 Å². The summed E-state index contributed by atoms with van der Waals surface area (Å²) in [6.45, 7) is 1.32. The Balaban J connectivity index is 1.61. The molecular formula is C15H13F2N5O4. The Kier molecular flexibility index (Phi) is 4.78. The van der Waals surface area contributed by atoms with E-state index < -0.39 is 29.3 Å². The molecule has 9 nitrogen and oxygen atoms in total. The molecule has 1 unspecified atom stereocenters. The van der Waals surface area contributed by atoms with Gasteiger partial charge in [0, 0.05) is 0 Å². The molecule has 3 aromatic rings. The molecule has 0 fully saturated rings. The fourth-order valence-corrected chi connectivity index (χ4v) is 2.04. The number of hydrogen-bond donors (Lipinski definition) is 3. The predicted octanol–water partition coefficient (Wildman–Crippen LogP) is 1.43. The Labute approximate surface area is 144 Å². The molecule has 3 N–H and O–H groups in total. The zero-order valence-electron chi connectivity index (χ0n) is 13.4. The maximum atomic E-state index is 13.5. The topological polar surface area (TPSA) is 126 Å². The van der Waals surface area contributed by atoms with Crippen LogP contribution in [0.1, 0.15) is 35.2 Å². The van der Waals surface area contributed by atoms with E-state index in [0.29, 0.717) is 0 Å². The summed E-state index contributed by atoms with van der Waals surface area (Å²) in [5.41, 5.74) is -0.542. The lowest BCUT2D eigenvalue weighted by Gasteiger charge is -2.08. The molecule has 0 aliphatic heterocycles. The van der Waals surface area contributed by atoms with Crippen molar-refractivity contribution in [2.75, 3.05) is 0 Å². The van der Waals surface area contributed by atoms with Gasteiger partial charge in [0.2, 0.25) is 11.7 Å². The molecule has 0 saturated carbocycles.